The predicted molar refractivity (Wildman–Crippen MR) is 77.8 cm³/mol. The van der Waals surface area contributed by atoms with E-state index in [-0.39, 0.29) is 6.10 Å². The molecule has 2 heterocycles. The summed E-state index contributed by atoms with van der Waals surface area (Å²) in [6.45, 7) is 4.85. The molecule has 1 fully saturated rings. The van der Waals surface area contributed by atoms with Crippen molar-refractivity contribution < 1.29 is 9.15 Å². The van der Waals surface area contributed by atoms with Gasteiger partial charge >= 0.3 is 5.76 Å². The van der Waals surface area contributed by atoms with Crippen molar-refractivity contribution in [1.29, 1.82) is 0 Å². The predicted octanol–water partition coefficient (Wildman–Crippen LogP) is 1.57. The Morgan fingerprint density at radius 3 is 2.90 bits per heavy atom. The highest BCUT2D eigenvalue weighted by atomic mass is 16.5. The van der Waals surface area contributed by atoms with Gasteiger partial charge in [0.15, 0.2) is 0 Å². The first-order valence-corrected chi connectivity index (χ1v) is 7.23. The number of benzene rings is 1. The van der Waals surface area contributed by atoms with E-state index in [4.69, 9.17) is 9.15 Å². The quantitative estimate of drug-likeness (QED) is 0.855. The Morgan fingerprint density at radius 1 is 1.33 bits per heavy atom. The minimum absolute atomic E-state index is 0.231. The van der Waals surface area contributed by atoms with Crippen LogP contribution in [0.3, 0.4) is 0 Å². The van der Waals surface area contributed by atoms with E-state index in [0.717, 1.165) is 25.1 Å². The van der Waals surface area contributed by atoms with Gasteiger partial charge in [-0.05, 0) is 18.6 Å². The van der Waals surface area contributed by atoms with Gasteiger partial charge in [-0.3, -0.25) is 4.90 Å². The van der Waals surface area contributed by atoms with E-state index in [0.29, 0.717) is 19.2 Å². The van der Waals surface area contributed by atoms with Crippen LogP contribution in [0.2, 0.25) is 0 Å². The lowest BCUT2D eigenvalue weighted by Gasteiger charge is -2.31. The first kappa shape index (κ1) is 14.0. The molecule has 21 heavy (non-hydrogen) atoms. The highest BCUT2D eigenvalue weighted by Gasteiger charge is 2.20. The molecule has 2 aromatic rings. The normalized spacial score (nSPS) is 19.8. The summed E-state index contributed by atoms with van der Waals surface area (Å²) in [5.74, 6) is -0.0608. The van der Waals surface area contributed by atoms with Crippen molar-refractivity contribution in [3.8, 4) is 11.5 Å². The van der Waals surface area contributed by atoms with Crippen LogP contribution in [0.5, 0.6) is 0 Å². The maximum atomic E-state index is 11.9. The van der Waals surface area contributed by atoms with Crippen LogP contribution < -0.4 is 5.76 Å². The molecule has 0 N–H and O–H groups in total. The van der Waals surface area contributed by atoms with E-state index < -0.39 is 5.76 Å². The molecule has 0 radical (unpaired) electrons. The molecule has 6 heteroatoms. The van der Waals surface area contributed by atoms with Gasteiger partial charge < -0.3 is 9.15 Å². The molecule has 0 amide bonds. The van der Waals surface area contributed by atoms with Gasteiger partial charge in [0.05, 0.1) is 12.7 Å². The molecule has 0 unspecified atom stereocenters. The average molecular weight is 289 g/mol. The second kappa shape index (κ2) is 6.24. The monoisotopic (exact) mass is 289 g/mol. The smallest absolute Gasteiger partial charge is 0.388 e. The zero-order valence-corrected chi connectivity index (χ0v) is 12.1. The van der Waals surface area contributed by atoms with E-state index in [1.165, 1.54) is 4.68 Å². The summed E-state index contributed by atoms with van der Waals surface area (Å²) >= 11 is 0. The van der Waals surface area contributed by atoms with Crippen LogP contribution in [0.4, 0.5) is 0 Å². The molecule has 1 saturated heterocycles. The lowest BCUT2D eigenvalue weighted by atomic mass is 10.2. The topological polar surface area (TPSA) is 60.5 Å². The fourth-order valence-electron chi connectivity index (χ4n) is 2.44. The van der Waals surface area contributed by atoms with Crippen molar-refractivity contribution in [2.75, 3.05) is 19.7 Å². The molecule has 0 spiro atoms. The first-order chi connectivity index (χ1) is 10.3. The number of aromatic nitrogens is 2. The SMILES string of the molecule is CC[C@H]1CN(Cn2nc(-c3ccccc3)oc2=O)CCO1. The van der Waals surface area contributed by atoms with Crippen LogP contribution >= 0.6 is 0 Å². The second-order valence-corrected chi connectivity index (χ2v) is 5.16. The van der Waals surface area contributed by atoms with Gasteiger partial charge in [-0.15, -0.1) is 5.10 Å². The Morgan fingerprint density at radius 2 is 2.14 bits per heavy atom. The maximum Gasteiger partial charge on any atom is 0.438 e. The summed E-state index contributed by atoms with van der Waals surface area (Å²) in [5.41, 5.74) is 0.807. The van der Waals surface area contributed by atoms with E-state index in [9.17, 15) is 4.79 Å². The Balaban J connectivity index is 1.74. The molecule has 112 valence electrons. The van der Waals surface area contributed by atoms with Crippen molar-refractivity contribution in [2.24, 2.45) is 0 Å². The number of morpholine rings is 1. The van der Waals surface area contributed by atoms with Crippen LogP contribution in [-0.2, 0) is 11.4 Å². The third-order valence-electron chi connectivity index (χ3n) is 3.64. The molecule has 6 nitrogen and oxygen atoms in total. The first-order valence-electron chi connectivity index (χ1n) is 7.23. The number of ether oxygens (including phenoxy) is 1. The standard InChI is InChI=1S/C15H19N3O3/c1-2-13-10-17(8-9-20-13)11-18-15(19)21-14(16-18)12-6-4-3-5-7-12/h3-7,13H,2,8-11H2,1H3/t13-/m0/s1. The average Bonchev–Trinajstić information content (AvgIpc) is 2.89. The molecular formula is C15H19N3O3. The van der Waals surface area contributed by atoms with Crippen molar-refractivity contribution in [2.45, 2.75) is 26.1 Å². The number of rotatable bonds is 4. The highest BCUT2D eigenvalue weighted by molar-refractivity contribution is 5.51. The highest BCUT2D eigenvalue weighted by Crippen LogP contribution is 2.14. The fraction of sp³-hybridized carbons (Fsp3) is 0.467. The molecule has 3 rings (SSSR count). The summed E-state index contributed by atoms with van der Waals surface area (Å²) in [6, 6.07) is 9.44. The summed E-state index contributed by atoms with van der Waals surface area (Å²) in [5, 5.41) is 4.28. The van der Waals surface area contributed by atoms with Gasteiger partial charge in [-0.1, -0.05) is 25.1 Å². The lowest BCUT2D eigenvalue weighted by Crippen LogP contribution is -2.44. The summed E-state index contributed by atoms with van der Waals surface area (Å²) in [6.07, 6.45) is 1.20. The zero-order chi connectivity index (χ0) is 14.7. The van der Waals surface area contributed by atoms with Gasteiger partial charge in [0.2, 0.25) is 5.89 Å². The summed E-state index contributed by atoms with van der Waals surface area (Å²) < 4.78 is 12.2. The van der Waals surface area contributed by atoms with Gasteiger partial charge in [0.1, 0.15) is 6.67 Å². The van der Waals surface area contributed by atoms with Crippen LogP contribution in [0, 0.1) is 0 Å². The molecule has 1 aliphatic rings. The van der Waals surface area contributed by atoms with E-state index in [2.05, 4.69) is 16.9 Å². The molecule has 0 aliphatic carbocycles. The van der Waals surface area contributed by atoms with E-state index in [1.54, 1.807) is 0 Å². The molecule has 1 atom stereocenters. The fourth-order valence-corrected chi connectivity index (χ4v) is 2.44. The summed E-state index contributed by atoms with van der Waals surface area (Å²) in [4.78, 5) is 14.1. The Labute approximate surface area is 122 Å². The van der Waals surface area contributed by atoms with Crippen molar-refractivity contribution in [3.63, 3.8) is 0 Å². The van der Waals surface area contributed by atoms with Crippen LogP contribution in [0.15, 0.2) is 39.5 Å². The van der Waals surface area contributed by atoms with Gasteiger partial charge in [0, 0.05) is 18.7 Å². The molecule has 1 aliphatic heterocycles. The lowest BCUT2D eigenvalue weighted by molar-refractivity contribution is -0.0417. The van der Waals surface area contributed by atoms with Gasteiger partial charge in [-0.25, -0.2) is 4.79 Å². The van der Waals surface area contributed by atoms with Crippen LogP contribution in [0.25, 0.3) is 11.5 Å². The van der Waals surface area contributed by atoms with Crippen LogP contribution in [0.1, 0.15) is 13.3 Å². The zero-order valence-electron chi connectivity index (χ0n) is 12.1. The van der Waals surface area contributed by atoms with Crippen LogP contribution in [-0.4, -0.2) is 40.5 Å². The van der Waals surface area contributed by atoms with E-state index >= 15 is 0 Å². The number of hydrogen-bond donors (Lipinski definition) is 0. The minimum atomic E-state index is -0.423. The molecular weight excluding hydrogens is 270 g/mol. The Bertz CT molecular complexity index is 635. The van der Waals surface area contributed by atoms with Gasteiger partial charge in [-0.2, -0.15) is 4.68 Å². The maximum absolute atomic E-state index is 11.9. The van der Waals surface area contributed by atoms with Crippen molar-refractivity contribution in [3.05, 3.63) is 40.9 Å². The largest absolute Gasteiger partial charge is 0.438 e. The van der Waals surface area contributed by atoms with E-state index in [1.807, 2.05) is 30.3 Å². The Hall–Kier alpha value is -1.92. The molecule has 1 aromatic carbocycles. The molecule has 0 saturated carbocycles. The third kappa shape index (κ3) is 3.22. The van der Waals surface area contributed by atoms with Gasteiger partial charge in [0.25, 0.3) is 0 Å². The molecule has 0 bridgehead atoms. The minimum Gasteiger partial charge on any atom is -0.388 e. The number of hydrogen-bond acceptors (Lipinski definition) is 5. The molecule has 1 aromatic heterocycles. The third-order valence-corrected chi connectivity index (χ3v) is 3.64. The second-order valence-electron chi connectivity index (χ2n) is 5.16. The Kier molecular flexibility index (Phi) is 4.17. The number of nitrogens with zero attached hydrogens (tertiary/aromatic N) is 3. The summed E-state index contributed by atoms with van der Waals surface area (Å²) in [7, 11) is 0. The van der Waals surface area contributed by atoms with Crippen molar-refractivity contribution >= 4 is 0 Å². The van der Waals surface area contributed by atoms with Crippen molar-refractivity contribution in [1.82, 2.24) is 14.7 Å².